The predicted molar refractivity (Wildman–Crippen MR) is 77.7 cm³/mol. The molecule has 0 spiro atoms. The Labute approximate surface area is 128 Å². The lowest BCUT2D eigenvalue weighted by molar-refractivity contribution is -0.127. The molecule has 2 rings (SSSR count). The normalized spacial score (nSPS) is 17.7. The first kappa shape index (κ1) is 15.9. The topological polar surface area (TPSA) is 94.9 Å². The van der Waals surface area contributed by atoms with Crippen molar-refractivity contribution in [3.8, 4) is 0 Å². The van der Waals surface area contributed by atoms with Gasteiger partial charge < -0.3 is 14.2 Å². The molecule has 8 nitrogen and oxygen atoms in total. The maximum Gasteiger partial charge on any atom is 0.319 e. The number of nitrogens with one attached hydrogen (secondary N) is 2. The molecule has 0 saturated carbocycles. The number of hydrogen-bond donors (Lipinski definition) is 2. The van der Waals surface area contributed by atoms with Crippen LogP contribution in [-0.2, 0) is 4.79 Å². The predicted octanol–water partition coefficient (Wildman–Crippen LogP) is 0.434. The number of piperidine rings is 1. The van der Waals surface area contributed by atoms with Crippen molar-refractivity contribution in [2.75, 3.05) is 27.2 Å². The Bertz CT molecular complexity index is 541. The number of carbonyl (C=O) groups is 3. The Morgan fingerprint density at radius 3 is 2.73 bits per heavy atom. The van der Waals surface area contributed by atoms with Crippen LogP contribution in [0.25, 0.3) is 0 Å². The summed E-state index contributed by atoms with van der Waals surface area (Å²) < 4.78 is 4.93. The molecule has 1 atom stereocenters. The van der Waals surface area contributed by atoms with E-state index in [4.69, 9.17) is 4.42 Å². The van der Waals surface area contributed by atoms with Gasteiger partial charge in [-0.1, -0.05) is 0 Å². The molecular formula is C14H20N4O4. The molecule has 120 valence electrons. The molecule has 1 unspecified atom stereocenters. The molecule has 1 aliphatic heterocycles. The highest BCUT2D eigenvalue weighted by Crippen LogP contribution is 2.17. The molecule has 1 fully saturated rings. The van der Waals surface area contributed by atoms with Crippen molar-refractivity contribution in [1.82, 2.24) is 20.7 Å². The standard InChI is InChI=1S/C14H20N4O4/c1-17(2)14(21)18-7-3-5-10(9-18)12(19)15-16-13(20)11-6-4-8-22-11/h4,6,8,10H,3,5,7,9H2,1-2H3,(H,15,19)(H,16,20). The fourth-order valence-electron chi connectivity index (χ4n) is 2.34. The Kier molecular flexibility index (Phi) is 5.03. The smallest absolute Gasteiger partial charge is 0.319 e. The minimum atomic E-state index is -0.518. The molecule has 1 aromatic rings. The van der Waals surface area contributed by atoms with Crippen LogP contribution in [0.5, 0.6) is 0 Å². The second-order valence-electron chi connectivity index (χ2n) is 5.38. The minimum absolute atomic E-state index is 0.114. The summed E-state index contributed by atoms with van der Waals surface area (Å²) >= 11 is 0. The summed E-state index contributed by atoms with van der Waals surface area (Å²) in [7, 11) is 3.35. The summed E-state index contributed by atoms with van der Waals surface area (Å²) in [6.07, 6.45) is 2.81. The minimum Gasteiger partial charge on any atom is -0.459 e. The molecule has 0 aromatic carbocycles. The monoisotopic (exact) mass is 308 g/mol. The van der Waals surface area contributed by atoms with Gasteiger partial charge in [0.2, 0.25) is 5.91 Å². The van der Waals surface area contributed by atoms with E-state index in [1.54, 1.807) is 25.1 Å². The Morgan fingerprint density at radius 2 is 2.09 bits per heavy atom. The fourth-order valence-corrected chi connectivity index (χ4v) is 2.34. The summed E-state index contributed by atoms with van der Waals surface area (Å²) in [6.45, 7) is 0.985. The van der Waals surface area contributed by atoms with Gasteiger partial charge in [-0.3, -0.25) is 20.4 Å². The van der Waals surface area contributed by atoms with Crippen LogP contribution in [0.3, 0.4) is 0 Å². The van der Waals surface area contributed by atoms with Crippen molar-refractivity contribution in [3.63, 3.8) is 0 Å². The van der Waals surface area contributed by atoms with Crippen molar-refractivity contribution in [2.24, 2.45) is 5.92 Å². The van der Waals surface area contributed by atoms with Crippen molar-refractivity contribution < 1.29 is 18.8 Å². The Balaban J connectivity index is 1.84. The Hall–Kier alpha value is -2.51. The van der Waals surface area contributed by atoms with E-state index >= 15 is 0 Å². The van der Waals surface area contributed by atoms with E-state index in [9.17, 15) is 14.4 Å². The van der Waals surface area contributed by atoms with E-state index in [1.165, 1.54) is 17.2 Å². The second kappa shape index (κ2) is 6.97. The van der Waals surface area contributed by atoms with Crippen LogP contribution in [0.15, 0.2) is 22.8 Å². The molecule has 0 radical (unpaired) electrons. The summed E-state index contributed by atoms with van der Waals surface area (Å²) in [6, 6.07) is 2.97. The summed E-state index contributed by atoms with van der Waals surface area (Å²) in [5.41, 5.74) is 4.68. The molecule has 1 aromatic heterocycles. The maximum atomic E-state index is 12.1. The number of furan rings is 1. The average molecular weight is 308 g/mol. The molecular weight excluding hydrogens is 288 g/mol. The Morgan fingerprint density at radius 1 is 1.32 bits per heavy atom. The number of rotatable bonds is 2. The van der Waals surface area contributed by atoms with Crippen LogP contribution in [0.4, 0.5) is 4.79 Å². The van der Waals surface area contributed by atoms with Crippen LogP contribution in [-0.4, -0.2) is 54.8 Å². The number of nitrogens with zero attached hydrogens (tertiary/aromatic N) is 2. The summed E-state index contributed by atoms with van der Waals surface area (Å²) in [5, 5.41) is 0. The van der Waals surface area contributed by atoms with E-state index in [1.807, 2.05) is 0 Å². The maximum absolute atomic E-state index is 12.1. The molecule has 0 bridgehead atoms. The number of amides is 4. The lowest BCUT2D eigenvalue weighted by Crippen LogP contribution is -2.51. The van der Waals surface area contributed by atoms with Crippen molar-refractivity contribution in [2.45, 2.75) is 12.8 Å². The van der Waals surface area contributed by atoms with Gasteiger partial charge in [-0.05, 0) is 25.0 Å². The molecule has 2 N–H and O–H groups in total. The molecule has 8 heteroatoms. The number of likely N-dealkylation sites (tertiary alicyclic amines) is 1. The molecule has 1 aliphatic rings. The first-order valence-electron chi connectivity index (χ1n) is 7.09. The third-order valence-electron chi connectivity index (χ3n) is 3.49. The SMILES string of the molecule is CN(C)C(=O)N1CCCC(C(=O)NNC(=O)c2ccco2)C1. The lowest BCUT2D eigenvalue weighted by Gasteiger charge is -2.33. The first-order valence-corrected chi connectivity index (χ1v) is 7.09. The number of hydrogen-bond acceptors (Lipinski definition) is 4. The number of urea groups is 1. The van der Waals surface area contributed by atoms with Gasteiger partial charge in [0.25, 0.3) is 0 Å². The van der Waals surface area contributed by atoms with Gasteiger partial charge in [-0.15, -0.1) is 0 Å². The van der Waals surface area contributed by atoms with Crippen LogP contribution in [0, 0.1) is 5.92 Å². The zero-order chi connectivity index (χ0) is 16.1. The lowest BCUT2D eigenvalue weighted by atomic mass is 9.97. The summed E-state index contributed by atoms with van der Waals surface area (Å²) in [5.74, 6) is -1.05. The van der Waals surface area contributed by atoms with Gasteiger partial charge >= 0.3 is 11.9 Å². The van der Waals surface area contributed by atoms with E-state index in [-0.39, 0.29) is 23.6 Å². The van der Waals surface area contributed by atoms with Crippen molar-refractivity contribution in [1.29, 1.82) is 0 Å². The van der Waals surface area contributed by atoms with Crippen LogP contribution in [0.1, 0.15) is 23.4 Å². The largest absolute Gasteiger partial charge is 0.459 e. The van der Waals surface area contributed by atoms with Gasteiger partial charge in [-0.25, -0.2) is 4.79 Å². The van der Waals surface area contributed by atoms with Gasteiger partial charge in [0.1, 0.15) is 0 Å². The van der Waals surface area contributed by atoms with Crippen LogP contribution >= 0.6 is 0 Å². The van der Waals surface area contributed by atoms with Gasteiger partial charge in [-0.2, -0.15) is 0 Å². The average Bonchev–Trinajstić information content (AvgIpc) is 3.06. The molecule has 1 saturated heterocycles. The second-order valence-corrected chi connectivity index (χ2v) is 5.38. The van der Waals surface area contributed by atoms with Crippen molar-refractivity contribution in [3.05, 3.63) is 24.2 Å². The van der Waals surface area contributed by atoms with Crippen LogP contribution in [0.2, 0.25) is 0 Å². The first-order chi connectivity index (χ1) is 10.5. The highest BCUT2D eigenvalue weighted by atomic mass is 16.3. The number of hydrazine groups is 1. The highest BCUT2D eigenvalue weighted by Gasteiger charge is 2.29. The summed E-state index contributed by atoms with van der Waals surface area (Å²) in [4.78, 5) is 38.8. The zero-order valence-corrected chi connectivity index (χ0v) is 12.7. The molecule has 22 heavy (non-hydrogen) atoms. The van der Waals surface area contributed by atoms with Gasteiger partial charge in [0, 0.05) is 27.2 Å². The van der Waals surface area contributed by atoms with Gasteiger partial charge in [0.05, 0.1) is 12.2 Å². The molecule has 2 heterocycles. The molecule has 0 aliphatic carbocycles. The van der Waals surface area contributed by atoms with Gasteiger partial charge in [0.15, 0.2) is 5.76 Å². The zero-order valence-electron chi connectivity index (χ0n) is 12.7. The third kappa shape index (κ3) is 3.78. The van der Waals surface area contributed by atoms with E-state index in [2.05, 4.69) is 10.9 Å². The van der Waals surface area contributed by atoms with E-state index in [0.717, 1.165) is 6.42 Å². The quantitative estimate of drug-likeness (QED) is 0.775. The third-order valence-corrected chi connectivity index (χ3v) is 3.49. The molecule has 4 amide bonds. The highest BCUT2D eigenvalue weighted by molar-refractivity contribution is 5.93. The van der Waals surface area contributed by atoms with E-state index in [0.29, 0.717) is 19.5 Å². The van der Waals surface area contributed by atoms with Crippen molar-refractivity contribution >= 4 is 17.8 Å². The fraction of sp³-hybridized carbons (Fsp3) is 0.500. The number of carbonyl (C=O) groups excluding carboxylic acids is 3. The van der Waals surface area contributed by atoms with E-state index < -0.39 is 5.91 Å². The van der Waals surface area contributed by atoms with Crippen LogP contribution < -0.4 is 10.9 Å².